The molecule has 1 aromatic carbocycles. The van der Waals surface area contributed by atoms with Crippen molar-refractivity contribution in [1.29, 1.82) is 0 Å². The van der Waals surface area contributed by atoms with Gasteiger partial charge in [-0.25, -0.2) is 0 Å². The zero-order chi connectivity index (χ0) is 18.9. The highest BCUT2D eigenvalue weighted by Crippen LogP contribution is 2.31. The highest BCUT2D eigenvalue weighted by molar-refractivity contribution is 5.85. The van der Waals surface area contributed by atoms with E-state index in [1.54, 1.807) is 6.20 Å². The fraction of sp³-hybridized carbons (Fsp3) is 0.526. The average Bonchev–Trinajstić information content (AvgIpc) is 3.32. The number of nitrogens with one attached hydrogen (secondary N) is 2. The van der Waals surface area contributed by atoms with Crippen molar-refractivity contribution < 1.29 is 13.2 Å². The Morgan fingerprint density at radius 3 is 2.46 bits per heavy atom. The van der Waals surface area contributed by atoms with Crippen LogP contribution in [0.5, 0.6) is 0 Å². The number of H-pyrrole nitrogens is 1. The third-order valence-corrected chi connectivity index (χ3v) is 5.53. The van der Waals surface area contributed by atoms with E-state index >= 15 is 0 Å². The average molecular weight is 416 g/mol. The summed E-state index contributed by atoms with van der Waals surface area (Å²) in [7, 11) is 0. The predicted molar refractivity (Wildman–Crippen MR) is 104 cm³/mol. The number of alkyl halides is 3. The first-order valence-corrected chi connectivity index (χ1v) is 9.38. The van der Waals surface area contributed by atoms with Gasteiger partial charge in [0.2, 0.25) is 0 Å². The smallest absolute Gasteiger partial charge is 0.314 e. The largest absolute Gasteiger partial charge is 0.416 e. The van der Waals surface area contributed by atoms with E-state index in [4.69, 9.17) is 0 Å². The second kappa shape index (κ2) is 8.82. The minimum Gasteiger partial charge on any atom is -0.314 e. The Kier molecular flexibility index (Phi) is 6.65. The van der Waals surface area contributed by atoms with Crippen molar-refractivity contribution >= 4 is 12.4 Å². The Labute approximate surface area is 168 Å². The van der Waals surface area contributed by atoms with E-state index in [2.05, 4.69) is 25.3 Å². The van der Waals surface area contributed by atoms with Crippen LogP contribution in [0.3, 0.4) is 0 Å². The van der Waals surface area contributed by atoms with Gasteiger partial charge in [0.25, 0.3) is 0 Å². The van der Waals surface area contributed by atoms with E-state index in [1.165, 1.54) is 12.1 Å². The number of aromatic nitrogens is 2. The molecule has 0 amide bonds. The lowest BCUT2D eigenvalue weighted by molar-refractivity contribution is -0.137. The molecule has 0 aliphatic carbocycles. The Hall–Kier alpha value is -1.61. The summed E-state index contributed by atoms with van der Waals surface area (Å²) in [5.74, 6) is 0. The number of benzene rings is 1. The molecule has 1 atom stereocenters. The molecule has 2 fully saturated rings. The molecular weight excluding hydrogens is 391 g/mol. The van der Waals surface area contributed by atoms with Crippen LogP contribution in [0.15, 0.2) is 30.5 Å². The summed E-state index contributed by atoms with van der Waals surface area (Å²) in [5.41, 5.74) is 1.92. The molecule has 1 aromatic heterocycles. The Morgan fingerprint density at radius 1 is 1.07 bits per heavy atom. The molecule has 2 N–H and O–H groups in total. The van der Waals surface area contributed by atoms with Crippen LogP contribution in [-0.2, 0) is 12.7 Å². The van der Waals surface area contributed by atoms with E-state index in [0.29, 0.717) is 6.04 Å². The predicted octanol–water partition coefficient (Wildman–Crippen LogP) is 3.00. The molecule has 2 saturated heterocycles. The van der Waals surface area contributed by atoms with Crippen molar-refractivity contribution in [2.24, 2.45) is 0 Å². The molecule has 0 saturated carbocycles. The number of aromatic amines is 1. The summed E-state index contributed by atoms with van der Waals surface area (Å²) in [6, 6.07) is 5.85. The van der Waals surface area contributed by atoms with Crippen LogP contribution in [0.4, 0.5) is 13.2 Å². The van der Waals surface area contributed by atoms with Gasteiger partial charge in [-0.1, -0.05) is 12.1 Å². The van der Waals surface area contributed by atoms with E-state index in [1.807, 2.05) is 0 Å². The molecule has 0 spiro atoms. The molecule has 2 aliphatic rings. The van der Waals surface area contributed by atoms with E-state index < -0.39 is 11.7 Å². The van der Waals surface area contributed by atoms with Crippen molar-refractivity contribution in [1.82, 2.24) is 25.3 Å². The maximum atomic E-state index is 12.8. The maximum Gasteiger partial charge on any atom is 0.416 e. The normalized spacial score (nSPS) is 21.6. The second-order valence-corrected chi connectivity index (χ2v) is 7.31. The van der Waals surface area contributed by atoms with Crippen LogP contribution in [0.2, 0.25) is 0 Å². The van der Waals surface area contributed by atoms with E-state index in [-0.39, 0.29) is 12.4 Å². The van der Waals surface area contributed by atoms with Gasteiger partial charge in [0.1, 0.15) is 0 Å². The fourth-order valence-electron chi connectivity index (χ4n) is 4.05. The fourth-order valence-corrected chi connectivity index (χ4v) is 4.05. The monoisotopic (exact) mass is 415 g/mol. The standard InChI is InChI=1S/C19H24F3N5.ClH/c20-19(21,22)16-3-1-14(2-4-16)18-15(11-24-25-18)12-26-8-5-17(13-26)27-9-6-23-7-10-27;/h1-4,11,17,23H,5-10,12-13H2,(H,24,25);1H. The van der Waals surface area contributed by atoms with Crippen LogP contribution in [0.1, 0.15) is 17.5 Å². The number of piperazine rings is 1. The SMILES string of the molecule is Cl.FC(F)(F)c1ccc(-c2[nH]ncc2CN2CCC(N3CCNCC3)C2)cc1. The Balaban J connectivity index is 0.00000225. The molecule has 0 bridgehead atoms. The number of hydrogen-bond acceptors (Lipinski definition) is 4. The molecule has 2 aromatic rings. The maximum absolute atomic E-state index is 12.8. The van der Waals surface area contributed by atoms with Gasteiger partial charge in [-0.15, -0.1) is 12.4 Å². The van der Waals surface area contributed by atoms with Gasteiger partial charge in [0.05, 0.1) is 17.5 Å². The van der Waals surface area contributed by atoms with Crippen molar-refractivity contribution in [2.45, 2.75) is 25.2 Å². The first kappa shape index (κ1) is 21.1. The molecule has 28 heavy (non-hydrogen) atoms. The Morgan fingerprint density at radius 2 is 1.79 bits per heavy atom. The summed E-state index contributed by atoms with van der Waals surface area (Å²) in [5, 5.41) is 10.5. The molecule has 0 radical (unpaired) electrons. The van der Waals surface area contributed by atoms with Crippen molar-refractivity contribution in [3.63, 3.8) is 0 Å². The van der Waals surface area contributed by atoms with Crippen LogP contribution in [0, 0.1) is 0 Å². The molecular formula is C19H25ClF3N5. The van der Waals surface area contributed by atoms with Crippen molar-refractivity contribution in [2.75, 3.05) is 39.3 Å². The van der Waals surface area contributed by atoms with Gasteiger partial charge in [0, 0.05) is 57.4 Å². The lowest BCUT2D eigenvalue weighted by atomic mass is 10.1. The molecule has 4 rings (SSSR count). The minimum atomic E-state index is -4.32. The highest BCUT2D eigenvalue weighted by atomic mass is 35.5. The summed E-state index contributed by atoms with van der Waals surface area (Å²) in [4.78, 5) is 4.97. The third-order valence-electron chi connectivity index (χ3n) is 5.53. The van der Waals surface area contributed by atoms with Gasteiger partial charge in [-0.05, 0) is 24.1 Å². The highest BCUT2D eigenvalue weighted by Gasteiger charge is 2.31. The first-order valence-electron chi connectivity index (χ1n) is 9.38. The molecule has 3 heterocycles. The van der Waals surface area contributed by atoms with Gasteiger partial charge >= 0.3 is 6.18 Å². The van der Waals surface area contributed by atoms with Gasteiger partial charge in [0.15, 0.2) is 0 Å². The van der Waals surface area contributed by atoms with Crippen LogP contribution in [-0.4, -0.2) is 65.3 Å². The van der Waals surface area contributed by atoms with Crippen LogP contribution >= 0.6 is 12.4 Å². The lowest BCUT2D eigenvalue weighted by Crippen LogP contribution is -2.49. The van der Waals surface area contributed by atoms with Crippen molar-refractivity contribution in [3.8, 4) is 11.3 Å². The molecule has 1 unspecified atom stereocenters. The molecule has 5 nitrogen and oxygen atoms in total. The third kappa shape index (κ3) is 4.68. The van der Waals surface area contributed by atoms with Crippen molar-refractivity contribution in [3.05, 3.63) is 41.6 Å². The topological polar surface area (TPSA) is 47.2 Å². The molecule has 9 heteroatoms. The van der Waals surface area contributed by atoms with Gasteiger partial charge in [-0.3, -0.25) is 14.9 Å². The minimum absolute atomic E-state index is 0. The number of hydrogen-bond donors (Lipinski definition) is 2. The molecule has 2 aliphatic heterocycles. The van der Waals surface area contributed by atoms with E-state index in [9.17, 15) is 13.2 Å². The number of rotatable bonds is 4. The zero-order valence-electron chi connectivity index (χ0n) is 15.5. The first-order chi connectivity index (χ1) is 13.0. The van der Waals surface area contributed by atoms with Crippen LogP contribution < -0.4 is 5.32 Å². The Bertz CT molecular complexity index is 756. The second-order valence-electron chi connectivity index (χ2n) is 7.31. The number of likely N-dealkylation sites (tertiary alicyclic amines) is 1. The lowest BCUT2D eigenvalue weighted by Gasteiger charge is -2.32. The number of halogens is 4. The summed E-state index contributed by atoms with van der Waals surface area (Å²) in [6.07, 6.45) is -1.37. The molecule has 154 valence electrons. The van der Waals surface area contributed by atoms with Gasteiger partial charge in [-0.2, -0.15) is 18.3 Å². The quantitative estimate of drug-likeness (QED) is 0.806. The summed E-state index contributed by atoms with van der Waals surface area (Å²) < 4.78 is 38.3. The van der Waals surface area contributed by atoms with Gasteiger partial charge < -0.3 is 5.32 Å². The summed E-state index contributed by atoms with van der Waals surface area (Å²) >= 11 is 0. The summed E-state index contributed by atoms with van der Waals surface area (Å²) in [6.45, 7) is 7.12. The number of nitrogens with zero attached hydrogens (tertiary/aromatic N) is 3. The zero-order valence-corrected chi connectivity index (χ0v) is 16.3. The van der Waals surface area contributed by atoms with Crippen LogP contribution in [0.25, 0.3) is 11.3 Å². The van der Waals surface area contributed by atoms with E-state index in [0.717, 1.165) is 81.2 Å².